The number of aliphatic hydroxyl groups excluding tert-OH is 1. The van der Waals surface area contributed by atoms with E-state index in [-0.39, 0.29) is 11.8 Å². The molecule has 0 saturated heterocycles. The zero-order valence-electron chi connectivity index (χ0n) is 13.0. The lowest BCUT2D eigenvalue weighted by Crippen LogP contribution is -2.27. The van der Waals surface area contributed by atoms with Gasteiger partial charge in [0.2, 0.25) is 0 Å². The highest BCUT2D eigenvalue weighted by molar-refractivity contribution is 7.10. The van der Waals surface area contributed by atoms with E-state index in [2.05, 4.69) is 5.32 Å². The van der Waals surface area contributed by atoms with Crippen LogP contribution in [0.5, 0.6) is 11.5 Å². The van der Waals surface area contributed by atoms with E-state index in [9.17, 15) is 10.2 Å². The van der Waals surface area contributed by atoms with Gasteiger partial charge in [-0.05, 0) is 37.8 Å². The Kier molecular flexibility index (Phi) is 6.24. The maximum atomic E-state index is 10.2. The van der Waals surface area contributed by atoms with E-state index in [1.54, 1.807) is 17.4 Å². The fourth-order valence-corrected chi connectivity index (χ4v) is 3.01. The van der Waals surface area contributed by atoms with Crippen molar-refractivity contribution in [2.75, 3.05) is 6.61 Å². The number of ether oxygens (including phenoxy) is 1. The molecule has 3 N–H and O–H groups in total. The summed E-state index contributed by atoms with van der Waals surface area (Å²) in [4.78, 5) is 0.981. The summed E-state index contributed by atoms with van der Waals surface area (Å²) in [5, 5.41) is 25.6. The number of nitrogens with one attached hydrogen (secondary N) is 1. The molecule has 0 saturated carbocycles. The van der Waals surface area contributed by atoms with E-state index >= 15 is 0 Å². The van der Waals surface area contributed by atoms with Crippen LogP contribution in [0, 0.1) is 0 Å². The zero-order chi connectivity index (χ0) is 15.9. The molecule has 2 aromatic rings. The van der Waals surface area contributed by atoms with Crippen molar-refractivity contribution in [2.45, 2.75) is 39.0 Å². The largest absolute Gasteiger partial charge is 0.504 e. The molecule has 0 bridgehead atoms. The van der Waals surface area contributed by atoms with Crippen molar-refractivity contribution in [2.24, 2.45) is 0 Å². The van der Waals surface area contributed by atoms with Gasteiger partial charge in [-0.3, -0.25) is 0 Å². The van der Waals surface area contributed by atoms with Crippen LogP contribution in [0.15, 0.2) is 35.7 Å². The summed E-state index contributed by atoms with van der Waals surface area (Å²) in [5.74, 6) is 0.691. The van der Waals surface area contributed by atoms with Crippen LogP contribution in [0.2, 0.25) is 0 Å². The molecule has 0 amide bonds. The molecule has 120 valence electrons. The fraction of sp³-hybridized carbons (Fsp3) is 0.412. The Morgan fingerprint density at radius 1 is 1.27 bits per heavy atom. The first kappa shape index (κ1) is 16.8. The summed E-state index contributed by atoms with van der Waals surface area (Å²) in [7, 11) is 0. The first-order chi connectivity index (χ1) is 10.6. The molecule has 1 aromatic carbocycles. The van der Waals surface area contributed by atoms with Crippen LogP contribution in [0.25, 0.3) is 0 Å². The number of benzene rings is 1. The summed E-state index contributed by atoms with van der Waals surface area (Å²) in [6.07, 6.45) is 0.178. The van der Waals surface area contributed by atoms with Gasteiger partial charge in [-0.2, -0.15) is 0 Å². The van der Waals surface area contributed by atoms with Gasteiger partial charge in [0.05, 0.1) is 12.7 Å². The topological polar surface area (TPSA) is 61.7 Å². The van der Waals surface area contributed by atoms with Crippen molar-refractivity contribution in [3.8, 4) is 11.5 Å². The maximum Gasteiger partial charge on any atom is 0.162 e. The van der Waals surface area contributed by atoms with Gasteiger partial charge in [-0.15, -0.1) is 11.3 Å². The minimum Gasteiger partial charge on any atom is -0.504 e. The van der Waals surface area contributed by atoms with Gasteiger partial charge < -0.3 is 20.3 Å². The normalized spacial score (nSPS) is 13.8. The molecule has 1 heterocycles. The van der Waals surface area contributed by atoms with Crippen LogP contribution in [0.1, 0.15) is 36.8 Å². The average molecular weight is 321 g/mol. The van der Waals surface area contributed by atoms with E-state index in [1.165, 1.54) is 0 Å². The Morgan fingerprint density at radius 3 is 2.77 bits per heavy atom. The number of para-hydroxylation sites is 1. The Labute approximate surface area is 135 Å². The lowest BCUT2D eigenvalue weighted by Gasteiger charge is -2.18. The van der Waals surface area contributed by atoms with Crippen molar-refractivity contribution < 1.29 is 14.9 Å². The maximum absolute atomic E-state index is 10.2. The molecule has 0 aliphatic carbocycles. The molecule has 22 heavy (non-hydrogen) atoms. The SMILES string of the molecule is CCOc1cccc(CNC(C)CC(O)c2cccs2)c1O. The number of aromatic hydroxyl groups is 1. The number of rotatable bonds is 8. The quantitative estimate of drug-likeness (QED) is 0.697. The smallest absolute Gasteiger partial charge is 0.162 e. The van der Waals surface area contributed by atoms with Crippen LogP contribution in [0.3, 0.4) is 0 Å². The summed E-state index contributed by atoms with van der Waals surface area (Å²) in [5.41, 5.74) is 0.795. The summed E-state index contributed by atoms with van der Waals surface area (Å²) in [6, 6.07) is 9.51. The second-order valence-electron chi connectivity index (χ2n) is 5.25. The summed E-state index contributed by atoms with van der Waals surface area (Å²) < 4.78 is 5.38. The molecule has 0 radical (unpaired) electrons. The first-order valence-electron chi connectivity index (χ1n) is 7.50. The molecule has 0 spiro atoms. The van der Waals surface area contributed by atoms with Gasteiger partial charge in [0, 0.05) is 23.0 Å². The highest BCUT2D eigenvalue weighted by Crippen LogP contribution is 2.30. The van der Waals surface area contributed by atoms with Crippen LogP contribution >= 0.6 is 11.3 Å². The van der Waals surface area contributed by atoms with E-state index in [1.807, 2.05) is 43.5 Å². The highest BCUT2D eigenvalue weighted by atomic mass is 32.1. The third kappa shape index (κ3) is 4.47. The van der Waals surface area contributed by atoms with Gasteiger partial charge >= 0.3 is 0 Å². The third-order valence-corrected chi connectivity index (χ3v) is 4.45. The number of thiophene rings is 1. The van der Waals surface area contributed by atoms with Crippen molar-refractivity contribution in [1.29, 1.82) is 0 Å². The Hall–Kier alpha value is -1.56. The number of hydrogen-bond donors (Lipinski definition) is 3. The fourth-order valence-electron chi connectivity index (χ4n) is 2.28. The van der Waals surface area contributed by atoms with Crippen LogP contribution in [-0.4, -0.2) is 22.9 Å². The second kappa shape index (κ2) is 8.17. The van der Waals surface area contributed by atoms with E-state index < -0.39 is 6.10 Å². The molecule has 0 aliphatic heterocycles. The predicted molar refractivity (Wildman–Crippen MR) is 89.5 cm³/mol. The number of phenolic OH excluding ortho intramolecular Hbond substituents is 1. The summed E-state index contributed by atoms with van der Waals surface area (Å²) >= 11 is 1.56. The Balaban J connectivity index is 1.88. The molecular formula is C17H23NO3S. The lowest BCUT2D eigenvalue weighted by molar-refractivity contribution is 0.157. The second-order valence-corrected chi connectivity index (χ2v) is 6.23. The molecule has 0 aliphatic rings. The van der Waals surface area contributed by atoms with Gasteiger partial charge in [0.15, 0.2) is 11.5 Å². The minimum absolute atomic E-state index is 0.132. The molecule has 5 heteroatoms. The van der Waals surface area contributed by atoms with E-state index in [0.717, 1.165) is 10.4 Å². The molecule has 0 fully saturated rings. The van der Waals surface area contributed by atoms with Crippen LogP contribution < -0.4 is 10.1 Å². The molecule has 4 nitrogen and oxygen atoms in total. The predicted octanol–water partition coefficient (Wildman–Crippen LogP) is 3.45. The summed E-state index contributed by atoms with van der Waals surface area (Å²) in [6.45, 7) is 4.97. The molecule has 2 atom stereocenters. The number of phenols is 1. The lowest BCUT2D eigenvalue weighted by atomic mass is 10.1. The van der Waals surface area contributed by atoms with Gasteiger partial charge in [0.1, 0.15) is 0 Å². The van der Waals surface area contributed by atoms with E-state index in [4.69, 9.17) is 4.74 Å². The van der Waals surface area contributed by atoms with E-state index in [0.29, 0.717) is 25.3 Å². The van der Waals surface area contributed by atoms with Gasteiger partial charge in [0.25, 0.3) is 0 Å². The average Bonchev–Trinajstić information content (AvgIpc) is 3.03. The molecular weight excluding hydrogens is 298 g/mol. The van der Waals surface area contributed by atoms with Crippen LogP contribution in [0.4, 0.5) is 0 Å². The van der Waals surface area contributed by atoms with Crippen molar-refractivity contribution in [1.82, 2.24) is 5.32 Å². The number of aliphatic hydroxyl groups is 1. The Morgan fingerprint density at radius 2 is 2.09 bits per heavy atom. The standard InChI is InChI=1S/C17H23NO3S/c1-3-21-15-7-4-6-13(17(15)20)11-18-12(2)10-14(19)16-8-5-9-22-16/h4-9,12,14,18-20H,3,10-11H2,1-2H3. The monoisotopic (exact) mass is 321 g/mol. The highest BCUT2D eigenvalue weighted by Gasteiger charge is 2.14. The zero-order valence-corrected chi connectivity index (χ0v) is 13.8. The van der Waals surface area contributed by atoms with Crippen molar-refractivity contribution in [3.05, 3.63) is 46.2 Å². The molecule has 2 unspecified atom stereocenters. The Bertz CT molecular complexity index is 571. The van der Waals surface area contributed by atoms with Crippen molar-refractivity contribution >= 4 is 11.3 Å². The van der Waals surface area contributed by atoms with Gasteiger partial charge in [-0.1, -0.05) is 18.2 Å². The van der Waals surface area contributed by atoms with Crippen LogP contribution in [-0.2, 0) is 6.54 Å². The minimum atomic E-state index is -0.453. The number of hydrogen-bond acceptors (Lipinski definition) is 5. The van der Waals surface area contributed by atoms with Gasteiger partial charge in [-0.25, -0.2) is 0 Å². The molecule has 1 aromatic heterocycles. The first-order valence-corrected chi connectivity index (χ1v) is 8.38. The van der Waals surface area contributed by atoms with Crippen molar-refractivity contribution in [3.63, 3.8) is 0 Å². The third-order valence-electron chi connectivity index (χ3n) is 3.47. The molecule has 2 rings (SSSR count).